The third-order valence-corrected chi connectivity index (χ3v) is 4.43. The maximum Gasteiger partial charge on any atom is 0.308 e. The molecule has 1 atom stereocenters. The number of carbonyl (C=O) groups is 1. The molecule has 0 amide bonds. The molecule has 3 aliphatic carbocycles. The van der Waals surface area contributed by atoms with E-state index in [2.05, 4.69) is 22.0 Å². The van der Waals surface area contributed by atoms with Crippen LogP contribution in [0.2, 0.25) is 5.15 Å². The molecule has 6 heteroatoms. The highest BCUT2D eigenvalue weighted by Gasteiger charge is 2.58. The van der Waals surface area contributed by atoms with Crippen LogP contribution >= 0.6 is 11.6 Å². The van der Waals surface area contributed by atoms with Gasteiger partial charge in [0.2, 0.25) is 0 Å². The molecule has 1 heterocycles. The van der Waals surface area contributed by atoms with E-state index in [1.165, 1.54) is 7.11 Å². The van der Waals surface area contributed by atoms with Crippen LogP contribution in [-0.2, 0) is 9.53 Å². The monoisotopic (exact) mass is 291 g/mol. The number of hydrogen-bond donors (Lipinski definition) is 1. The molecule has 3 aliphatic rings. The molecule has 0 spiro atoms. The Labute approximate surface area is 121 Å². The second-order valence-electron chi connectivity index (χ2n) is 5.50. The number of rotatable bonds is 1. The zero-order chi connectivity index (χ0) is 14.3. The lowest BCUT2D eigenvalue weighted by Gasteiger charge is -2.33. The Balaban J connectivity index is 1.79. The number of halogens is 1. The number of nitrogens with zero attached hydrogens (tertiary/aromatic N) is 2. The van der Waals surface area contributed by atoms with E-state index in [1.807, 2.05) is 0 Å². The number of carbonyl (C=O) groups excluding carboxylic acids is 1. The molecule has 2 bridgehead atoms. The van der Waals surface area contributed by atoms with Crippen molar-refractivity contribution >= 4 is 23.4 Å². The summed E-state index contributed by atoms with van der Waals surface area (Å²) >= 11 is 5.78. The summed E-state index contributed by atoms with van der Waals surface area (Å²) in [5.74, 6) is 6.85. The average molecular weight is 292 g/mol. The molecule has 0 radical (unpaired) electrons. The first-order chi connectivity index (χ1) is 9.53. The fourth-order valence-electron chi connectivity index (χ4n) is 3.24. The highest BCUT2D eigenvalue weighted by Crippen LogP contribution is 2.61. The molecule has 1 aromatic heterocycles. The second-order valence-corrected chi connectivity index (χ2v) is 5.89. The summed E-state index contributed by atoms with van der Waals surface area (Å²) in [6, 6.07) is 1.61. The van der Waals surface area contributed by atoms with Crippen molar-refractivity contribution in [3.8, 4) is 11.8 Å². The van der Waals surface area contributed by atoms with Gasteiger partial charge in [-0.2, -0.15) is 0 Å². The topological polar surface area (TPSA) is 78.1 Å². The van der Waals surface area contributed by atoms with Crippen LogP contribution < -0.4 is 5.73 Å². The minimum Gasteiger partial charge on any atom is -0.469 e. The largest absolute Gasteiger partial charge is 0.469 e. The summed E-state index contributed by atoms with van der Waals surface area (Å²) in [4.78, 5) is 11.6. The molecular weight excluding hydrogens is 278 g/mol. The van der Waals surface area contributed by atoms with Gasteiger partial charge >= 0.3 is 5.97 Å². The Bertz CT molecular complexity index is 629. The SMILES string of the molecule is COC(=O)C1CC2(C#Cc3cc(Cl)nnc3N)CC1C2. The van der Waals surface area contributed by atoms with Gasteiger partial charge in [0.1, 0.15) is 0 Å². The molecule has 3 fully saturated rings. The van der Waals surface area contributed by atoms with E-state index in [0.717, 1.165) is 19.3 Å². The Hall–Kier alpha value is -1.80. The highest BCUT2D eigenvalue weighted by atomic mass is 35.5. The molecule has 4 rings (SSSR count). The van der Waals surface area contributed by atoms with E-state index in [4.69, 9.17) is 22.1 Å². The fourth-order valence-corrected chi connectivity index (χ4v) is 3.39. The number of methoxy groups -OCH3 is 1. The quantitative estimate of drug-likeness (QED) is 0.629. The van der Waals surface area contributed by atoms with Gasteiger partial charge in [-0.1, -0.05) is 23.4 Å². The number of nitrogen functional groups attached to an aromatic ring is 1. The van der Waals surface area contributed by atoms with Crippen molar-refractivity contribution in [3.63, 3.8) is 0 Å². The number of fused-ring (bicyclic) bond motifs is 1. The maximum absolute atomic E-state index is 11.6. The van der Waals surface area contributed by atoms with Gasteiger partial charge in [0, 0.05) is 5.41 Å². The van der Waals surface area contributed by atoms with Crippen LogP contribution in [0.4, 0.5) is 5.82 Å². The first-order valence-corrected chi connectivity index (χ1v) is 6.80. The Morgan fingerprint density at radius 1 is 1.50 bits per heavy atom. The molecule has 1 aromatic rings. The lowest BCUT2D eigenvalue weighted by Crippen LogP contribution is -2.27. The number of esters is 1. The third kappa shape index (κ3) is 2.10. The molecule has 1 unspecified atom stereocenters. The van der Waals surface area contributed by atoms with Crippen molar-refractivity contribution in [3.05, 3.63) is 16.8 Å². The molecule has 20 heavy (non-hydrogen) atoms. The zero-order valence-corrected chi connectivity index (χ0v) is 11.8. The van der Waals surface area contributed by atoms with E-state index >= 15 is 0 Å². The van der Waals surface area contributed by atoms with Crippen LogP contribution in [0.3, 0.4) is 0 Å². The first-order valence-electron chi connectivity index (χ1n) is 6.43. The van der Waals surface area contributed by atoms with Gasteiger partial charge in [-0.3, -0.25) is 4.79 Å². The minimum absolute atomic E-state index is 0.00852. The van der Waals surface area contributed by atoms with Crippen LogP contribution in [0, 0.1) is 29.1 Å². The third-order valence-electron chi connectivity index (χ3n) is 4.24. The standard InChI is InChI=1S/C14H14ClN3O2/c1-20-13(19)10-7-14(5-9(10)6-14)3-2-8-4-11(15)17-18-12(8)16/h4,9-10H,5-7H2,1H3,(H2,16,18). The van der Waals surface area contributed by atoms with Gasteiger partial charge in [-0.15, -0.1) is 10.2 Å². The van der Waals surface area contributed by atoms with Crippen molar-refractivity contribution < 1.29 is 9.53 Å². The molecule has 0 aromatic carbocycles. The van der Waals surface area contributed by atoms with Gasteiger partial charge in [0.15, 0.2) is 11.0 Å². The molecule has 2 N–H and O–H groups in total. The Morgan fingerprint density at radius 3 is 2.95 bits per heavy atom. The summed E-state index contributed by atoms with van der Waals surface area (Å²) in [7, 11) is 1.43. The summed E-state index contributed by atoms with van der Waals surface area (Å²) in [6.45, 7) is 0. The van der Waals surface area contributed by atoms with Gasteiger partial charge in [-0.05, 0) is 31.2 Å². The molecule has 5 nitrogen and oxygen atoms in total. The second kappa shape index (κ2) is 4.64. The predicted molar refractivity (Wildman–Crippen MR) is 73.6 cm³/mol. The lowest BCUT2D eigenvalue weighted by molar-refractivity contribution is -0.146. The molecule has 104 valence electrons. The average Bonchev–Trinajstić information content (AvgIpc) is 2.94. The van der Waals surface area contributed by atoms with E-state index in [0.29, 0.717) is 11.5 Å². The van der Waals surface area contributed by atoms with Gasteiger partial charge in [0.25, 0.3) is 0 Å². The minimum atomic E-state index is -0.121. The predicted octanol–water partition coefficient (Wildman–Crippen LogP) is 1.65. The van der Waals surface area contributed by atoms with Crippen molar-refractivity contribution in [1.29, 1.82) is 0 Å². The zero-order valence-electron chi connectivity index (χ0n) is 11.0. The van der Waals surface area contributed by atoms with Crippen LogP contribution in [0.1, 0.15) is 24.8 Å². The van der Waals surface area contributed by atoms with Gasteiger partial charge < -0.3 is 10.5 Å². The molecular formula is C14H14ClN3O2. The van der Waals surface area contributed by atoms with Crippen molar-refractivity contribution in [2.45, 2.75) is 19.3 Å². The smallest absolute Gasteiger partial charge is 0.308 e. The number of aromatic nitrogens is 2. The van der Waals surface area contributed by atoms with Crippen LogP contribution in [0.25, 0.3) is 0 Å². The van der Waals surface area contributed by atoms with Crippen molar-refractivity contribution in [2.75, 3.05) is 12.8 Å². The first kappa shape index (κ1) is 13.2. The van der Waals surface area contributed by atoms with Crippen LogP contribution in [0.15, 0.2) is 6.07 Å². The fraction of sp³-hybridized carbons (Fsp3) is 0.500. The number of ether oxygens (including phenoxy) is 1. The van der Waals surface area contributed by atoms with E-state index in [-0.39, 0.29) is 28.3 Å². The van der Waals surface area contributed by atoms with E-state index in [1.54, 1.807) is 6.07 Å². The molecule has 0 aliphatic heterocycles. The van der Waals surface area contributed by atoms with E-state index < -0.39 is 0 Å². The lowest BCUT2D eigenvalue weighted by atomic mass is 9.70. The normalized spacial score (nSPS) is 30.1. The number of anilines is 1. The Kier molecular flexibility index (Phi) is 3.06. The van der Waals surface area contributed by atoms with Gasteiger partial charge in [0.05, 0.1) is 18.6 Å². The highest BCUT2D eigenvalue weighted by molar-refractivity contribution is 6.29. The Morgan fingerprint density at radius 2 is 2.25 bits per heavy atom. The molecule has 3 saturated carbocycles. The van der Waals surface area contributed by atoms with Crippen molar-refractivity contribution in [2.24, 2.45) is 17.3 Å². The number of hydrogen-bond acceptors (Lipinski definition) is 5. The van der Waals surface area contributed by atoms with E-state index in [9.17, 15) is 4.79 Å². The summed E-state index contributed by atoms with van der Waals surface area (Å²) < 4.78 is 4.83. The van der Waals surface area contributed by atoms with Gasteiger partial charge in [-0.25, -0.2) is 0 Å². The summed E-state index contributed by atoms with van der Waals surface area (Å²) in [5.41, 5.74) is 6.23. The summed E-state index contributed by atoms with van der Waals surface area (Å²) in [5, 5.41) is 7.66. The van der Waals surface area contributed by atoms with Crippen molar-refractivity contribution in [1.82, 2.24) is 10.2 Å². The van der Waals surface area contributed by atoms with Crippen LogP contribution in [-0.4, -0.2) is 23.3 Å². The maximum atomic E-state index is 11.6. The molecule has 0 saturated heterocycles. The summed E-state index contributed by atoms with van der Waals surface area (Å²) in [6.07, 6.45) is 2.67. The van der Waals surface area contributed by atoms with Crippen LogP contribution in [0.5, 0.6) is 0 Å². The number of nitrogens with two attached hydrogens (primary N) is 1.